The highest BCUT2D eigenvalue weighted by Crippen LogP contribution is 2.29. The van der Waals surface area contributed by atoms with E-state index in [1.165, 1.54) is 6.07 Å². The number of carbonyl (C=O) groups is 1. The third-order valence-corrected chi connectivity index (χ3v) is 4.49. The first-order valence-electron chi connectivity index (χ1n) is 8.53. The number of nitrogens with one attached hydrogen (secondary N) is 2. The van der Waals surface area contributed by atoms with Gasteiger partial charge in [0.2, 0.25) is 10.0 Å². The standard InChI is InChI=1S/C21H20N2O4S/c1-15-12-13-16(14-19(15)23-28(2,25)26)21(24)22-18-10-6-7-11-20(18)27-17-8-4-3-5-9-17/h3-14,23H,1-2H3,(H,22,24). The summed E-state index contributed by atoms with van der Waals surface area (Å²) in [6.07, 6.45) is 1.07. The minimum absolute atomic E-state index is 0.325. The molecule has 0 bridgehead atoms. The van der Waals surface area contributed by atoms with E-state index in [0.29, 0.717) is 28.4 Å². The van der Waals surface area contributed by atoms with E-state index < -0.39 is 10.0 Å². The maximum absolute atomic E-state index is 12.7. The van der Waals surface area contributed by atoms with E-state index in [-0.39, 0.29) is 5.91 Å². The number of rotatable bonds is 6. The molecular formula is C21H20N2O4S. The quantitative estimate of drug-likeness (QED) is 0.646. The molecule has 0 aromatic heterocycles. The number of benzene rings is 3. The topological polar surface area (TPSA) is 84.5 Å². The Bertz CT molecular complexity index is 1100. The van der Waals surface area contributed by atoms with Crippen LogP contribution in [0.15, 0.2) is 72.8 Å². The van der Waals surface area contributed by atoms with Crippen molar-refractivity contribution in [3.05, 3.63) is 83.9 Å². The molecule has 0 unspecified atom stereocenters. The third-order valence-electron chi connectivity index (χ3n) is 3.90. The van der Waals surface area contributed by atoms with E-state index in [1.54, 1.807) is 37.3 Å². The van der Waals surface area contributed by atoms with Crippen molar-refractivity contribution in [1.82, 2.24) is 0 Å². The van der Waals surface area contributed by atoms with Crippen LogP contribution in [0.3, 0.4) is 0 Å². The van der Waals surface area contributed by atoms with Crippen LogP contribution in [0.5, 0.6) is 11.5 Å². The highest BCUT2D eigenvalue weighted by Gasteiger charge is 2.13. The Morgan fingerprint density at radius 1 is 0.893 bits per heavy atom. The van der Waals surface area contributed by atoms with Gasteiger partial charge in [-0.1, -0.05) is 36.4 Å². The van der Waals surface area contributed by atoms with Crippen molar-refractivity contribution in [2.75, 3.05) is 16.3 Å². The van der Waals surface area contributed by atoms with E-state index >= 15 is 0 Å². The molecule has 2 N–H and O–H groups in total. The smallest absolute Gasteiger partial charge is 0.255 e. The molecule has 0 atom stereocenters. The summed E-state index contributed by atoms with van der Waals surface area (Å²) in [7, 11) is -3.44. The van der Waals surface area contributed by atoms with Crippen molar-refractivity contribution in [2.24, 2.45) is 0 Å². The fraction of sp³-hybridized carbons (Fsp3) is 0.0952. The van der Waals surface area contributed by atoms with E-state index in [4.69, 9.17) is 4.74 Å². The van der Waals surface area contributed by atoms with Gasteiger partial charge < -0.3 is 10.1 Å². The Morgan fingerprint density at radius 3 is 2.29 bits per heavy atom. The van der Waals surface area contributed by atoms with Gasteiger partial charge in [0.1, 0.15) is 5.75 Å². The van der Waals surface area contributed by atoms with E-state index in [0.717, 1.165) is 11.8 Å². The minimum atomic E-state index is -3.44. The first kappa shape index (κ1) is 19.4. The van der Waals surface area contributed by atoms with Crippen molar-refractivity contribution >= 4 is 27.3 Å². The second-order valence-corrected chi connectivity index (χ2v) is 8.02. The summed E-state index contributed by atoms with van der Waals surface area (Å²) in [6, 6.07) is 21.2. The van der Waals surface area contributed by atoms with E-state index in [9.17, 15) is 13.2 Å². The summed E-state index contributed by atoms with van der Waals surface area (Å²) in [4.78, 5) is 12.7. The van der Waals surface area contributed by atoms with E-state index in [1.807, 2.05) is 36.4 Å². The number of hydrogen-bond donors (Lipinski definition) is 2. The lowest BCUT2D eigenvalue weighted by Gasteiger charge is -2.13. The van der Waals surface area contributed by atoms with Crippen LogP contribution in [0.2, 0.25) is 0 Å². The molecule has 0 aliphatic rings. The highest BCUT2D eigenvalue weighted by molar-refractivity contribution is 7.92. The Labute approximate surface area is 164 Å². The molecule has 3 rings (SSSR count). The first-order chi connectivity index (χ1) is 13.3. The molecule has 0 saturated carbocycles. The number of amides is 1. The molecular weight excluding hydrogens is 376 g/mol. The van der Waals surface area contributed by atoms with Crippen LogP contribution in [0.1, 0.15) is 15.9 Å². The van der Waals surface area contributed by atoms with Crippen LogP contribution in [-0.2, 0) is 10.0 Å². The predicted molar refractivity (Wildman–Crippen MR) is 111 cm³/mol. The average molecular weight is 396 g/mol. The zero-order valence-corrected chi connectivity index (χ0v) is 16.3. The normalized spacial score (nSPS) is 10.9. The summed E-state index contributed by atoms with van der Waals surface area (Å²) in [5.41, 5.74) is 1.92. The molecule has 3 aromatic carbocycles. The lowest BCUT2D eigenvalue weighted by atomic mass is 10.1. The van der Waals surface area contributed by atoms with Gasteiger partial charge in [0.05, 0.1) is 17.6 Å². The Kier molecular flexibility index (Phi) is 5.65. The molecule has 0 aliphatic heterocycles. The van der Waals surface area contributed by atoms with Gasteiger partial charge in [-0.05, 0) is 48.9 Å². The Morgan fingerprint density at radius 2 is 1.57 bits per heavy atom. The second-order valence-electron chi connectivity index (χ2n) is 6.27. The molecule has 7 heteroatoms. The zero-order valence-electron chi connectivity index (χ0n) is 15.5. The second kappa shape index (κ2) is 8.14. The van der Waals surface area contributed by atoms with Crippen LogP contribution in [0.4, 0.5) is 11.4 Å². The number of ether oxygens (including phenoxy) is 1. The SMILES string of the molecule is Cc1ccc(C(=O)Nc2ccccc2Oc2ccccc2)cc1NS(C)(=O)=O. The van der Waals surface area contributed by atoms with Crippen molar-refractivity contribution in [2.45, 2.75) is 6.92 Å². The number of aryl methyl sites for hydroxylation is 1. The monoisotopic (exact) mass is 396 g/mol. The molecule has 6 nitrogen and oxygen atoms in total. The highest BCUT2D eigenvalue weighted by atomic mass is 32.2. The van der Waals surface area contributed by atoms with Crippen LogP contribution in [-0.4, -0.2) is 20.6 Å². The number of para-hydroxylation sites is 3. The van der Waals surface area contributed by atoms with Gasteiger partial charge in [-0.15, -0.1) is 0 Å². The maximum atomic E-state index is 12.7. The number of anilines is 2. The fourth-order valence-corrected chi connectivity index (χ4v) is 3.16. The molecule has 0 heterocycles. The minimum Gasteiger partial charge on any atom is -0.455 e. The Hall–Kier alpha value is -3.32. The van der Waals surface area contributed by atoms with Crippen LogP contribution < -0.4 is 14.8 Å². The molecule has 0 aliphatic carbocycles. The van der Waals surface area contributed by atoms with Crippen molar-refractivity contribution in [1.29, 1.82) is 0 Å². The van der Waals surface area contributed by atoms with Gasteiger partial charge in [0, 0.05) is 5.56 Å². The molecule has 0 fully saturated rings. The van der Waals surface area contributed by atoms with Crippen LogP contribution >= 0.6 is 0 Å². The molecule has 0 spiro atoms. The lowest BCUT2D eigenvalue weighted by Crippen LogP contribution is -2.15. The average Bonchev–Trinajstić information content (AvgIpc) is 2.65. The van der Waals surface area contributed by atoms with Crippen molar-refractivity contribution in [3.63, 3.8) is 0 Å². The predicted octanol–water partition coefficient (Wildman–Crippen LogP) is 4.41. The molecule has 0 radical (unpaired) electrons. The lowest BCUT2D eigenvalue weighted by molar-refractivity contribution is 0.102. The van der Waals surface area contributed by atoms with Gasteiger partial charge in [0.25, 0.3) is 5.91 Å². The van der Waals surface area contributed by atoms with Crippen molar-refractivity contribution < 1.29 is 17.9 Å². The number of hydrogen-bond acceptors (Lipinski definition) is 4. The molecule has 1 amide bonds. The summed E-state index contributed by atoms with van der Waals surface area (Å²) in [5.74, 6) is 0.781. The molecule has 144 valence electrons. The third kappa shape index (κ3) is 5.11. The van der Waals surface area contributed by atoms with Crippen molar-refractivity contribution in [3.8, 4) is 11.5 Å². The Balaban J connectivity index is 1.83. The van der Waals surface area contributed by atoms with Gasteiger partial charge >= 0.3 is 0 Å². The van der Waals surface area contributed by atoms with Gasteiger partial charge in [0.15, 0.2) is 5.75 Å². The van der Waals surface area contributed by atoms with Crippen LogP contribution in [0.25, 0.3) is 0 Å². The van der Waals surface area contributed by atoms with Gasteiger partial charge in [-0.3, -0.25) is 9.52 Å². The number of carbonyl (C=O) groups excluding carboxylic acids is 1. The largest absolute Gasteiger partial charge is 0.455 e. The van der Waals surface area contributed by atoms with Gasteiger partial charge in [-0.25, -0.2) is 8.42 Å². The molecule has 0 saturated heterocycles. The molecule has 3 aromatic rings. The fourth-order valence-electron chi connectivity index (χ4n) is 2.54. The first-order valence-corrected chi connectivity index (χ1v) is 10.4. The number of sulfonamides is 1. The van der Waals surface area contributed by atoms with Crippen LogP contribution in [0, 0.1) is 6.92 Å². The summed E-state index contributed by atoms with van der Waals surface area (Å²) in [5, 5.41) is 2.82. The molecule has 28 heavy (non-hydrogen) atoms. The van der Waals surface area contributed by atoms with E-state index in [2.05, 4.69) is 10.0 Å². The summed E-state index contributed by atoms with van der Waals surface area (Å²) >= 11 is 0. The summed E-state index contributed by atoms with van der Waals surface area (Å²) in [6.45, 7) is 1.76. The summed E-state index contributed by atoms with van der Waals surface area (Å²) < 4.78 is 31.3. The zero-order chi connectivity index (χ0) is 20.1. The van der Waals surface area contributed by atoms with Gasteiger partial charge in [-0.2, -0.15) is 0 Å². The maximum Gasteiger partial charge on any atom is 0.255 e.